The molecule has 0 bridgehead atoms. The van der Waals surface area contributed by atoms with Crippen molar-refractivity contribution in [3.8, 4) is 0 Å². The lowest BCUT2D eigenvalue weighted by Gasteiger charge is -2.41. The minimum absolute atomic E-state index is 0.153. The molecular weight excluding hydrogens is 250 g/mol. The molecule has 1 amide bonds. The molecule has 0 radical (unpaired) electrons. The molecule has 110 valence electrons. The lowest BCUT2D eigenvalue weighted by molar-refractivity contribution is -0.174. The van der Waals surface area contributed by atoms with E-state index in [2.05, 4.69) is 4.74 Å². The smallest absolute Gasteiger partial charge is 0.410 e. The van der Waals surface area contributed by atoms with E-state index in [1.807, 2.05) is 0 Å². The Bertz CT molecular complexity index is 363. The zero-order valence-electron chi connectivity index (χ0n) is 12.2. The molecule has 1 aliphatic heterocycles. The zero-order valence-corrected chi connectivity index (χ0v) is 12.2. The van der Waals surface area contributed by atoms with Crippen molar-refractivity contribution in [3.63, 3.8) is 0 Å². The summed E-state index contributed by atoms with van der Waals surface area (Å²) in [5, 5.41) is 10.3. The van der Waals surface area contributed by atoms with Gasteiger partial charge in [-0.3, -0.25) is 0 Å². The van der Waals surface area contributed by atoms with E-state index in [4.69, 9.17) is 4.74 Å². The van der Waals surface area contributed by atoms with Crippen molar-refractivity contribution in [2.45, 2.75) is 45.3 Å². The first kappa shape index (κ1) is 15.8. The Morgan fingerprint density at radius 1 is 1.37 bits per heavy atom. The molecule has 1 saturated heterocycles. The van der Waals surface area contributed by atoms with Gasteiger partial charge in [-0.25, -0.2) is 9.59 Å². The Kier molecular flexibility index (Phi) is 4.45. The number of aliphatic hydroxyl groups is 1. The molecule has 1 N–H and O–H groups in total. The molecule has 1 fully saturated rings. The monoisotopic (exact) mass is 273 g/mol. The van der Waals surface area contributed by atoms with Crippen molar-refractivity contribution < 1.29 is 24.2 Å². The van der Waals surface area contributed by atoms with E-state index in [1.165, 1.54) is 12.0 Å². The van der Waals surface area contributed by atoms with Gasteiger partial charge in [-0.1, -0.05) is 6.92 Å². The Hall–Kier alpha value is -1.30. The van der Waals surface area contributed by atoms with Crippen LogP contribution in [0.3, 0.4) is 0 Å². The van der Waals surface area contributed by atoms with Crippen LogP contribution in [0.4, 0.5) is 4.79 Å². The van der Waals surface area contributed by atoms with Gasteiger partial charge in [-0.05, 0) is 20.8 Å². The zero-order chi connectivity index (χ0) is 14.8. The molecule has 0 aliphatic carbocycles. The number of hydrogen-bond acceptors (Lipinski definition) is 5. The van der Waals surface area contributed by atoms with Crippen molar-refractivity contribution in [3.05, 3.63) is 0 Å². The number of piperidine rings is 1. The van der Waals surface area contributed by atoms with Crippen LogP contribution in [0.2, 0.25) is 0 Å². The first-order valence-corrected chi connectivity index (χ1v) is 6.39. The van der Waals surface area contributed by atoms with E-state index in [-0.39, 0.29) is 19.5 Å². The third kappa shape index (κ3) is 3.59. The van der Waals surface area contributed by atoms with Crippen molar-refractivity contribution in [1.29, 1.82) is 0 Å². The highest BCUT2D eigenvalue weighted by atomic mass is 16.6. The van der Waals surface area contributed by atoms with Gasteiger partial charge in [0.25, 0.3) is 0 Å². The number of methoxy groups -OCH3 is 1. The first-order chi connectivity index (χ1) is 8.60. The van der Waals surface area contributed by atoms with Crippen LogP contribution in [-0.4, -0.2) is 53.5 Å². The van der Waals surface area contributed by atoms with E-state index in [9.17, 15) is 14.7 Å². The van der Waals surface area contributed by atoms with Crippen molar-refractivity contribution in [1.82, 2.24) is 4.90 Å². The number of ether oxygens (including phenoxy) is 2. The first-order valence-electron chi connectivity index (χ1n) is 6.39. The molecule has 2 atom stereocenters. The number of carbonyl (C=O) groups is 2. The van der Waals surface area contributed by atoms with E-state index >= 15 is 0 Å². The normalized spacial score (nSPS) is 27.9. The van der Waals surface area contributed by atoms with Crippen LogP contribution >= 0.6 is 0 Å². The Labute approximate surface area is 113 Å². The van der Waals surface area contributed by atoms with Crippen molar-refractivity contribution in [2.24, 2.45) is 5.92 Å². The van der Waals surface area contributed by atoms with Crippen LogP contribution in [0.25, 0.3) is 0 Å². The molecule has 0 aromatic rings. The molecule has 6 nitrogen and oxygen atoms in total. The van der Waals surface area contributed by atoms with Gasteiger partial charge in [-0.2, -0.15) is 0 Å². The van der Waals surface area contributed by atoms with Crippen LogP contribution in [0.5, 0.6) is 0 Å². The third-order valence-corrected chi connectivity index (χ3v) is 3.26. The van der Waals surface area contributed by atoms with Gasteiger partial charge in [0.15, 0.2) is 5.60 Å². The SMILES string of the molecule is COC(=O)[C@@]1(O)CCN(C(=O)OC(C)(C)C)C[C@H]1C. The number of carbonyl (C=O) groups excluding carboxylic acids is 2. The molecule has 0 saturated carbocycles. The van der Waals surface area contributed by atoms with Crippen LogP contribution in [0, 0.1) is 5.92 Å². The second kappa shape index (κ2) is 5.36. The number of rotatable bonds is 1. The average Bonchev–Trinajstić information content (AvgIpc) is 2.29. The fourth-order valence-electron chi connectivity index (χ4n) is 2.10. The van der Waals surface area contributed by atoms with Gasteiger partial charge < -0.3 is 19.5 Å². The fourth-order valence-corrected chi connectivity index (χ4v) is 2.10. The Morgan fingerprint density at radius 2 is 1.95 bits per heavy atom. The minimum atomic E-state index is -1.52. The van der Waals surface area contributed by atoms with Gasteiger partial charge in [0, 0.05) is 25.4 Å². The summed E-state index contributed by atoms with van der Waals surface area (Å²) in [6, 6.07) is 0. The average molecular weight is 273 g/mol. The van der Waals surface area contributed by atoms with Crippen LogP contribution in [-0.2, 0) is 14.3 Å². The predicted molar refractivity (Wildman–Crippen MR) is 68.6 cm³/mol. The highest BCUT2D eigenvalue weighted by Crippen LogP contribution is 2.29. The topological polar surface area (TPSA) is 76.1 Å². The van der Waals surface area contributed by atoms with Crippen LogP contribution < -0.4 is 0 Å². The second-order valence-electron chi connectivity index (χ2n) is 5.99. The van der Waals surface area contributed by atoms with E-state index in [1.54, 1.807) is 27.7 Å². The molecular formula is C13H23NO5. The fraction of sp³-hybridized carbons (Fsp3) is 0.846. The minimum Gasteiger partial charge on any atom is -0.467 e. The maximum atomic E-state index is 11.9. The van der Waals surface area contributed by atoms with Gasteiger partial charge in [-0.15, -0.1) is 0 Å². The van der Waals surface area contributed by atoms with Crippen LogP contribution in [0.1, 0.15) is 34.1 Å². The Balaban J connectivity index is 2.69. The summed E-state index contributed by atoms with van der Waals surface area (Å²) in [4.78, 5) is 25.0. The third-order valence-electron chi connectivity index (χ3n) is 3.26. The number of amides is 1. The number of hydrogen-bond donors (Lipinski definition) is 1. The van der Waals surface area contributed by atoms with E-state index in [0.29, 0.717) is 0 Å². The number of likely N-dealkylation sites (tertiary alicyclic amines) is 1. The number of esters is 1. The summed E-state index contributed by atoms with van der Waals surface area (Å²) in [6.07, 6.45) is -0.272. The second-order valence-corrected chi connectivity index (χ2v) is 5.99. The lowest BCUT2D eigenvalue weighted by Crippen LogP contribution is -2.57. The summed E-state index contributed by atoms with van der Waals surface area (Å²) >= 11 is 0. The summed E-state index contributed by atoms with van der Waals surface area (Å²) < 4.78 is 9.89. The molecule has 0 aromatic carbocycles. The summed E-state index contributed by atoms with van der Waals surface area (Å²) in [6.45, 7) is 7.63. The van der Waals surface area contributed by atoms with Crippen molar-refractivity contribution >= 4 is 12.1 Å². The number of nitrogens with zero attached hydrogens (tertiary/aromatic N) is 1. The van der Waals surface area contributed by atoms with Crippen molar-refractivity contribution in [2.75, 3.05) is 20.2 Å². The molecule has 0 aromatic heterocycles. The van der Waals surface area contributed by atoms with Gasteiger partial charge >= 0.3 is 12.1 Å². The summed E-state index contributed by atoms with van der Waals surface area (Å²) in [5.74, 6) is -1.05. The molecule has 0 unspecified atom stereocenters. The molecule has 1 aliphatic rings. The highest BCUT2D eigenvalue weighted by molar-refractivity contribution is 5.80. The molecule has 1 rings (SSSR count). The quantitative estimate of drug-likeness (QED) is 0.726. The molecule has 19 heavy (non-hydrogen) atoms. The van der Waals surface area contributed by atoms with Gasteiger partial charge in [0.2, 0.25) is 0 Å². The predicted octanol–water partition coefficient (Wildman–Crippen LogP) is 1.17. The standard InChI is InChI=1S/C13H23NO5/c1-9-8-14(11(16)19-12(2,3)4)7-6-13(9,17)10(15)18-5/h9,17H,6-8H2,1-5H3/t9-,13-/m1/s1. The van der Waals surface area contributed by atoms with Crippen LogP contribution in [0.15, 0.2) is 0 Å². The maximum Gasteiger partial charge on any atom is 0.410 e. The van der Waals surface area contributed by atoms with E-state index < -0.39 is 29.2 Å². The summed E-state index contributed by atoms with van der Waals surface area (Å²) in [7, 11) is 1.24. The van der Waals surface area contributed by atoms with E-state index in [0.717, 1.165) is 0 Å². The summed E-state index contributed by atoms with van der Waals surface area (Å²) in [5.41, 5.74) is -2.08. The lowest BCUT2D eigenvalue weighted by atomic mass is 9.82. The Morgan fingerprint density at radius 3 is 2.37 bits per heavy atom. The molecule has 0 spiro atoms. The maximum absolute atomic E-state index is 11.9. The molecule has 6 heteroatoms. The highest BCUT2D eigenvalue weighted by Gasteiger charge is 2.47. The van der Waals surface area contributed by atoms with Gasteiger partial charge in [0.05, 0.1) is 7.11 Å². The molecule has 1 heterocycles. The van der Waals surface area contributed by atoms with Gasteiger partial charge in [0.1, 0.15) is 5.60 Å². The largest absolute Gasteiger partial charge is 0.467 e.